The van der Waals surface area contributed by atoms with E-state index >= 15 is 0 Å². The number of hydrogen-bond acceptors (Lipinski definition) is 3. The van der Waals surface area contributed by atoms with Crippen molar-refractivity contribution in [1.29, 1.82) is 0 Å². The second-order valence-electron chi connectivity index (χ2n) is 6.70. The standard InChI is InChI=1S/C19H24F2N4O/c1-23(19(26)17-7-10-22-25(17)14-18(20)21)16-8-11-24(12-9-16)13-15-5-3-2-4-6-15/h2-7,10,16,18H,8-9,11-14H2,1H3. The van der Waals surface area contributed by atoms with Crippen molar-refractivity contribution in [1.82, 2.24) is 19.6 Å². The van der Waals surface area contributed by atoms with Gasteiger partial charge in [0.15, 0.2) is 0 Å². The number of piperidine rings is 1. The van der Waals surface area contributed by atoms with Crippen molar-refractivity contribution in [3.05, 3.63) is 53.9 Å². The molecule has 0 saturated carbocycles. The Balaban J connectivity index is 1.55. The molecule has 2 heterocycles. The van der Waals surface area contributed by atoms with Gasteiger partial charge < -0.3 is 4.90 Å². The quantitative estimate of drug-likeness (QED) is 0.793. The lowest BCUT2D eigenvalue weighted by Gasteiger charge is -2.36. The average molecular weight is 362 g/mol. The molecule has 140 valence electrons. The van der Waals surface area contributed by atoms with E-state index in [2.05, 4.69) is 22.1 Å². The van der Waals surface area contributed by atoms with Crippen LogP contribution in [0.2, 0.25) is 0 Å². The lowest BCUT2D eigenvalue weighted by molar-refractivity contribution is 0.0614. The zero-order chi connectivity index (χ0) is 18.5. The van der Waals surface area contributed by atoms with Gasteiger partial charge in [0.2, 0.25) is 0 Å². The van der Waals surface area contributed by atoms with Gasteiger partial charge in [0.1, 0.15) is 12.2 Å². The Labute approximate surface area is 152 Å². The maximum absolute atomic E-state index is 12.7. The molecular weight excluding hydrogens is 338 g/mol. The summed E-state index contributed by atoms with van der Waals surface area (Å²) in [4.78, 5) is 16.7. The average Bonchev–Trinajstić information content (AvgIpc) is 3.09. The Bertz CT molecular complexity index is 711. The maximum atomic E-state index is 12.7. The van der Waals surface area contributed by atoms with Crippen LogP contribution in [0.3, 0.4) is 0 Å². The summed E-state index contributed by atoms with van der Waals surface area (Å²) in [6.45, 7) is 2.17. The Morgan fingerprint density at radius 2 is 1.92 bits per heavy atom. The number of amides is 1. The smallest absolute Gasteiger partial charge is 0.272 e. The maximum Gasteiger partial charge on any atom is 0.272 e. The number of carbonyl (C=O) groups excluding carboxylic acids is 1. The molecule has 0 radical (unpaired) electrons. The van der Waals surface area contributed by atoms with E-state index < -0.39 is 13.0 Å². The summed E-state index contributed by atoms with van der Waals surface area (Å²) in [5, 5.41) is 3.84. The zero-order valence-corrected chi connectivity index (χ0v) is 14.9. The fraction of sp³-hybridized carbons (Fsp3) is 0.474. The molecule has 0 unspecified atom stereocenters. The highest BCUT2D eigenvalue weighted by Crippen LogP contribution is 2.19. The van der Waals surface area contributed by atoms with Gasteiger partial charge in [0.25, 0.3) is 12.3 Å². The lowest BCUT2D eigenvalue weighted by Crippen LogP contribution is -2.45. The lowest BCUT2D eigenvalue weighted by atomic mass is 10.0. The van der Waals surface area contributed by atoms with Gasteiger partial charge in [-0.25, -0.2) is 8.78 Å². The van der Waals surface area contributed by atoms with E-state index in [1.165, 1.54) is 17.8 Å². The molecule has 3 rings (SSSR count). The first-order valence-corrected chi connectivity index (χ1v) is 8.88. The molecule has 0 spiro atoms. The number of benzene rings is 1. The number of likely N-dealkylation sites (tertiary alicyclic amines) is 1. The SMILES string of the molecule is CN(C(=O)c1ccnn1CC(F)F)C1CCN(Cc2ccccc2)CC1. The van der Waals surface area contributed by atoms with E-state index in [9.17, 15) is 13.6 Å². The largest absolute Gasteiger partial charge is 0.337 e. The van der Waals surface area contributed by atoms with Crippen LogP contribution in [0.15, 0.2) is 42.6 Å². The van der Waals surface area contributed by atoms with Crippen LogP contribution in [0.1, 0.15) is 28.9 Å². The van der Waals surface area contributed by atoms with Crippen LogP contribution in [-0.2, 0) is 13.1 Å². The summed E-state index contributed by atoms with van der Waals surface area (Å²) in [6, 6.07) is 11.9. The Morgan fingerprint density at radius 3 is 2.58 bits per heavy atom. The number of alkyl halides is 2. The van der Waals surface area contributed by atoms with Gasteiger partial charge in [0, 0.05) is 38.9 Å². The highest BCUT2D eigenvalue weighted by Gasteiger charge is 2.27. The Morgan fingerprint density at radius 1 is 1.23 bits per heavy atom. The number of halogens is 2. The van der Waals surface area contributed by atoms with Crippen LogP contribution in [0.5, 0.6) is 0 Å². The van der Waals surface area contributed by atoms with Crippen LogP contribution < -0.4 is 0 Å². The molecule has 0 atom stereocenters. The molecular formula is C19H24F2N4O. The van der Waals surface area contributed by atoms with Crippen molar-refractivity contribution in [2.24, 2.45) is 0 Å². The van der Waals surface area contributed by atoms with Crippen LogP contribution in [-0.4, -0.2) is 58.1 Å². The second-order valence-corrected chi connectivity index (χ2v) is 6.70. The van der Waals surface area contributed by atoms with Gasteiger partial charge in [-0.15, -0.1) is 0 Å². The monoisotopic (exact) mass is 362 g/mol. The Hall–Kier alpha value is -2.28. The fourth-order valence-electron chi connectivity index (χ4n) is 3.44. The molecule has 0 N–H and O–H groups in total. The van der Waals surface area contributed by atoms with Crippen molar-refractivity contribution < 1.29 is 13.6 Å². The van der Waals surface area contributed by atoms with Gasteiger partial charge in [-0.1, -0.05) is 30.3 Å². The second kappa shape index (κ2) is 8.40. The highest BCUT2D eigenvalue weighted by molar-refractivity contribution is 5.92. The first-order chi connectivity index (χ1) is 12.5. The zero-order valence-electron chi connectivity index (χ0n) is 14.9. The van der Waals surface area contributed by atoms with Crippen LogP contribution in [0, 0.1) is 0 Å². The molecule has 2 aromatic rings. The summed E-state index contributed by atoms with van der Waals surface area (Å²) in [5.74, 6) is -0.246. The summed E-state index contributed by atoms with van der Waals surface area (Å²) in [6.07, 6.45) is 0.607. The molecule has 1 aliphatic rings. The fourth-order valence-corrected chi connectivity index (χ4v) is 3.44. The van der Waals surface area contributed by atoms with Gasteiger partial charge >= 0.3 is 0 Å². The molecule has 1 aromatic heterocycles. The topological polar surface area (TPSA) is 41.4 Å². The summed E-state index contributed by atoms with van der Waals surface area (Å²) in [5.41, 5.74) is 1.51. The number of aromatic nitrogens is 2. The molecule has 0 aliphatic carbocycles. The van der Waals surface area contributed by atoms with Gasteiger partial charge in [0.05, 0.1) is 0 Å². The molecule has 0 bridgehead atoms. The minimum atomic E-state index is -2.53. The van der Waals surface area contributed by atoms with Crippen molar-refractivity contribution in [2.45, 2.75) is 38.4 Å². The number of carbonyl (C=O) groups is 1. The van der Waals surface area contributed by atoms with E-state index in [0.29, 0.717) is 0 Å². The first kappa shape index (κ1) is 18.5. The van der Waals surface area contributed by atoms with Crippen molar-refractivity contribution in [3.63, 3.8) is 0 Å². The molecule has 26 heavy (non-hydrogen) atoms. The molecule has 1 fully saturated rings. The summed E-state index contributed by atoms with van der Waals surface area (Å²) in [7, 11) is 1.75. The minimum absolute atomic E-state index is 0.115. The van der Waals surface area contributed by atoms with E-state index in [1.54, 1.807) is 11.9 Å². The van der Waals surface area contributed by atoms with Crippen molar-refractivity contribution in [2.75, 3.05) is 20.1 Å². The predicted octanol–water partition coefficient (Wildman–Crippen LogP) is 2.88. The molecule has 1 aromatic carbocycles. The number of rotatable bonds is 6. The van der Waals surface area contributed by atoms with Crippen molar-refractivity contribution >= 4 is 5.91 Å². The molecule has 1 saturated heterocycles. The van der Waals surface area contributed by atoms with E-state index in [-0.39, 0.29) is 17.6 Å². The van der Waals surface area contributed by atoms with Crippen molar-refractivity contribution in [3.8, 4) is 0 Å². The highest BCUT2D eigenvalue weighted by atomic mass is 19.3. The van der Waals surface area contributed by atoms with Gasteiger partial charge in [-0.3, -0.25) is 14.4 Å². The number of nitrogens with zero attached hydrogens (tertiary/aromatic N) is 4. The van der Waals surface area contributed by atoms with E-state index in [1.807, 2.05) is 18.2 Å². The van der Waals surface area contributed by atoms with Crippen LogP contribution in [0.4, 0.5) is 8.78 Å². The predicted molar refractivity (Wildman–Crippen MR) is 95.1 cm³/mol. The third-order valence-corrected chi connectivity index (χ3v) is 4.92. The normalized spacial score (nSPS) is 16.2. The summed E-state index contributed by atoms with van der Waals surface area (Å²) < 4.78 is 26.3. The van der Waals surface area contributed by atoms with E-state index in [4.69, 9.17) is 0 Å². The third-order valence-electron chi connectivity index (χ3n) is 4.92. The van der Waals surface area contributed by atoms with Gasteiger partial charge in [-0.2, -0.15) is 5.10 Å². The van der Waals surface area contributed by atoms with Crippen LogP contribution >= 0.6 is 0 Å². The first-order valence-electron chi connectivity index (χ1n) is 8.88. The van der Waals surface area contributed by atoms with E-state index in [0.717, 1.165) is 37.2 Å². The Kier molecular flexibility index (Phi) is 5.98. The third kappa shape index (κ3) is 4.46. The van der Waals surface area contributed by atoms with Crippen LogP contribution in [0.25, 0.3) is 0 Å². The van der Waals surface area contributed by atoms with Gasteiger partial charge in [-0.05, 0) is 24.5 Å². The summed E-state index contributed by atoms with van der Waals surface area (Å²) >= 11 is 0. The number of hydrogen-bond donors (Lipinski definition) is 0. The molecule has 1 amide bonds. The molecule has 5 nitrogen and oxygen atoms in total. The molecule has 7 heteroatoms. The minimum Gasteiger partial charge on any atom is -0.337 e. The molecule has 1 aliphatic heterocycles.